The Balaban J connectivity index is 5.14. The van der Waals surface area contributed by atoms with Crippen LogP contribution in [0, 0.1) is 29.1 Å². The highest BCUT2D eigenvalue weighted by atomic mass is 14.4. The highest BCUT2D eigenvalue weighted by molar-refractivity contribution is 4.83. The summed E-state index contributed by atoms with van der Waals surface area (Å²) in [5.41, 5.74) is 0.462. The first-order valence-corrected chi connectivity index (χ1v) is 9.80. The minimum atomic E-state index is 0.462. The van der Waals surface area contributed by atoms with Gasteiger partial charge >= 0.3 is 0 Å². The molecule has 0 aliphatic rings. The van der Waals surface area contributed by atoms with Crippen LogP contribution in [0.25, 0.3) is 0 Å². The van der Waals surface area contributed by atoms with Gasteiger partial charge in [-0.05, 0) is 35.5 Å². The monoisotopic (exact) mass is 296 g/mol. The average Bonchev–Trinajstić information content (AvgIpc) is 2.38. The first-order valence-electron chi connectivity index (χ1n) is 9.80. The molecule has 4 unspecified atom stereocenters. The normalized spacial score (nSPS) is 18.3. The van der Waals surface area contributed by atoms with E-state index in [1.165, 1.54) is 51.4 Å². The maximum atomic E-state index is 2.51. The van der Waals surface area contributed by atoms with Crippen molar-refractivity contribution in [2.45, 2.75) is 107 Å². The third-order valence-electron chi connectivity index (χ3n) is 5.40. The van der Waals surface area contributed by atoms with Gasteiger partial charge < -0.3 is 0 Å². The second kappa shape index (κ2) is 10.7. The number of unbranched alkanes of at least 4 members (excludes halogenated alkanes) is 1. The molecule has 0 aromatic heterocycles. The molecule has 0 aliphatic heterocycles. The van der Waals surface area contributed by atoms with Gasteiger partial charge in [-0.1, -0.05) is 100 Å². The maximum absolute atomic E-state index is 2.51. The second-order valence-electron chi connectivity index (χ2n) is 8.58. The molecule has 128 valence electrons. The van der Waals surface area contributed by atoms with Crippen LogP contribution >= 0.6 is 0 Å². The molecule has 0 rings (SSSR count). The van der Waals surface area contributed by atoms with E-state index in [-0.39, 0.29) is 0 Å². The predicted octanol–water partition coefficient (Wildman–Crippen LogP) is 7.72. The summed E-state index contributed by atoms with van der Waals surface area (Å²) < 4.78 is 0. The fourth-order valence-corrected chi connectivity index (χ4v) is 4.36. The van der Waals surface area contributed by atoms with E-state index in [9.17, 15) is 0 Å². The first-order chi connectivity index (χ1) is 9.80. The van der Waals surface area contributed by atoms with Crippen LogP contribution < -0.4 is 0 Å². The smallest absolute Gasteiger partial charge is 0.0350 e. The lowest BCUT2D eigenvalue weighted by Crippen LogP contribution is -2.31. The van der Waals surface area contributed by atoms with E-state index in [1.54, 1.807) is 0 Å². The molecule has 0 radical (unpaired) electrons. The zero-order valence-electron chi connectivity index (χ0n) is 16.5. The van der Waals surface area contributed by atoms with Gasteiger partial charge in [0.15, 0.2) is 0 Å². The summed E-state index contributed by atoms with van der Waals surface area (Å²) >= 11 is 0. The van der Waals surface area contributed by atoms with Crippen molar-refractivity contribution in [3.05, 3.63) is 0 Å². The van der Waals surface area contributed by atoms with Gasteiger partial charge in [-0.25, -0.2) is 0 Å². The van der Waals surface area contributed by atoms with Crippen LogP contribution in [0.2, 0.25) is 0 Å². The van der Waals surface area contributed by atoms with Gasteiger partial charge in [-0.15, -0.1) is 0 Å². The number of hydrogen-bond donors (Lipinski definition) is 0. The molecule has 0 amide bonds. The third kappa shape index (κ3) is 8.27. The van der Waals surface area contributed by atoms with Gasteiger partial charge in [0, 0.05) is 0 Å². The lowest BCUT2D eigenvalue weighted by atomic mass is 9.65. The Morgan fingerprint density at radius 2 is 1.38 bits per heavy atom. The second-order valence-corrected chi connectivity index (χ2v) is 8.58. The largest absolute Gasteiger partial charge is 0.0654 e. The van der Waals surface area contributed by atoms with E-state index in [2.05, 4.69) is 55.4 Å². The molecule has 4 atom stereocenters. The molecular weight excluding hydrogens is 252 g/mol. The van der Waals surface area contributed by atoms with Crippen molar-refractivity contribution in [2.24, 2.45) is 29.1 Å². The average molecular weight is 297 g/mol. The summed E-state index contributed by atoms with van der Waals surface area (Å²) in [6.07, 6.45) is 11.1. The Morgan fingerprint density at radius 1 is 0.762 bits per heavy atom. The highest BCUT2D eigenvalue weighted by Crippen LogP contribution is 2.42. The van der Waals surface area contributed by atoms with Gasteiger partial charge in [0.1, 0.15) is 0 Å². The standard InChI is InChI=1S/C21H44/c1-9-13-15-18(11-3)20(16-21(6,7)8)19(12-4)17(5)14-10-2/h17-20H,9-16H2,1-8H3. The molecule has 0 saturated carbocycles. The van der Waals surface area contributed by atoms with Crippen molar-refractivity contribution < 1.29 is 0 Å². The van der Waals surface area contributed by atoms with E-state index >= 15 is 0 Å². The first kappa shape index (κ1) is 21.0. The summed E-state index contributed by atoms with van der Waals surface area (Å²) in [5.74, 6) is 3.68. The third-order valence-corrected chi connectivity index (χ3v) is 5.40. The Bertz CT molecular complexity index is 235. The molecule has 0 heteroatoms. The van der Waals surface area contributed by atoms with Crippen LogP contribution in [0.5, 0.6) is 0 Å². The van der Waals surface area contributed by atoms with Crippen LogP contribution in [-0.2, 0) is 0 Å². The summed E-state index contributed by atoms with van der Waals surface area (Å²) in [4.78, 5) is 0. The lowest BCUT2D eigenvalue weighted by molar-refractivity contribution is 0.0985. The Labute approximate surface area is 136 Å². The molecule has 0 nitrogen and oxygen atoms in total. The number of rotatable bonds is 11. The molecular formula is C21H44. The molecule has 0 bridgehead atoms. The van der Waals surface area contributed by atoms with Gasteiger partial charge in [-0.2, -0.15) is 0 Å². The van der Waals surface area contributed by atoms with Crippen molar-refractivity contribution in [1.82, 2.24) is 0 Å². The minimum absolute atomic E-state index is 0.462. The fourth-order valence-electron chi connectivity index (χ4n) is 4.36. The maximum Gasteiger partial charge on any atom is -0.0350 e. The molecule has 0 aliphatic carbocycles. The van der Waals surface area contributed by atoms with Crippen LogP contribution in [-0.4, -0.2) is 0 Å². The zero-order chi connectivity index (χ0) is 16.5. The summed E-state index contributed by atoms with van der Waals surface area (Å²) in [6.45, 7) is 19.3. The number of hydrogen-bond acceptors (Lipinski definition) is 0. The highest BCUT2D eigenvalue weighted by Gasteiger charge is 2.33. The van der Waals surface area contributed by atoms with Crippen LogP contribution in [0.3, 0.4) is 0 Å². The Kier molecular flexibility index (Phi) is 10.7. The zero-order valence-corrected chi connectivity index (χ0v) is 16.5. The van der Waals surface area contributed by atoms with Crippen molar-refractivity contribution in [2.75, 3.05) is 0 Å². The molecule has 0 N–H and O–H groups in total. The summed E-state index contributed by atoms with van der Waals surface area (Å²) in [7, 11) is 0. The van der Waals surface area contributed by atoms with Crippen LogP contribution in [0.4, 0.5) is 0 Å². The molecule has 0 aromatic carbocycles. The molecule has 21 heavy (non-hydrogen) atoms. The van der Waals surface area contributed by atoms with E-state index in [0.717, 1.165) is 23.7 Å². The molecule has 0 fully saturated rings. The van der Waals surface area contributed by atoms with Crippen molar-refractivity contribution >= 4 is 0 Å². The Hall–Kier alpha value is 0. The molecule has 0 aromatic rings. The van der Waals surface area contributed by atoms with Crippen LogP contribution in [0.1, 0.15) is 107 Å². The van der Waals surface area contributed by atoms with E-state index < -0.39 is 0 Å². The quantitative estimate of drug-likeness (QED) is 0.366. The van der Waals surface area contributed by atoms with Gasteiger partial charge in [-0.3, -0.25) is 0 Å². The molecule has 0 heterocycles. The van der Waals surface area contributed by atoms with E-state index in [4.69, 9.17) is 0 Å². The minimum Gasteiger partial charge on any atom is -0.0654 e. The summed E-state index contributed by atoms with van der Waals surface area (Å²) in [6, 6.07) is 0. The Morgan fingerprint density at radius 3 is 1.76 bits per heavy atom. The predicted molar refractivity (Wildman–Crippen MR) is 98.7 cm³/mol. The SMILES string of the molecule is CCCCC(CC)C(CC(C)(C)C)C(CC)C(C)CCC. The van der Waals surface area contributed by atoms with Gasteiger partial charge in [0.25, 0.3) is 0 Å². The van der Waals surface area contributed by atoms with Crippen LogP contribution in [0.15, 0.2) is 0 Å². The van der Waals surface area contributed by atoms with Crippen molar-refractivity contribution in [3.8, 4) is 0 Å². The van der Waals surface area contributed by atoms with Crippen molar-refractivity contribution in [3.63, 3.8) is 0 Å². The summed E-state index contributed by atoms with van der Waals surface area (Å²) in [5, 5.41) is 0. The van der Waals surface area contributed by atoms with E-state index in [1.807, 2.05) is 0 Å². The van der Waals surface area contributed by atoms with E-state index in [0.29, 0.717) is 5.41 Å². The van der Waals surface area contributed by atoms with Gasteiger partial charge in [0.2, 0.25) is 0 Å². The molecule has 0 saturated heterocycles. The fraction of sp³-hybridized carbons (Fsp3) is 1.00. The molecule has 0 spiro atoms. The topological polar surface area (TPSA) is 0 Å². The van der Waals surface area contributed by atoms with Gasteiger partial charge in [0.05, 0.1) is 0 Å². The lowest BCUT2D eigenvalue weighted by Gasteiger charge is -2.40. The van der Waals surface area contributed by atoms with Crippen molar-refractivity contribution in [1.29, 1.82) is 0 Å².